The van der Waals surface area contributed by atoms with Crippen LogP contribution in [0.3, 0.4) is 0 Å². The van der Waals surface area contributed by atoms with E-state index in [-0.39, 0.29) is 12.5 Å². The molecular formula is C13H14NO2S-. The molecule has 0 spiro atoms. The van der Waals surface area contributed by atoms with E-state index in [0.717, 1.165) is 17.0 Å². The number of aryl methyl sites for hydroxylation is 2. The van der Waals surface area contributed by atoms with Crippen molar-refractivity contribution in [3.05, 3.63) is 45.9 Å². The van der Waals surface area contributed by atoms with Gasteiger partial charge in [0.2, 0.25) is 0 Å². The predicted molar refractivity (Wildman–Crippen MR) is 66.0 cm³/mol. The molecule has 0 saturated heterocycles. The summed E-state index contributed by atoms with van der Waals surface area (Å²) in [4.78, 5) is 10.9. The second-order valence-electron chi connectivity index (χ2n) is 4.13. The summed E-state index contributed by atoms with van der Waals surface area (Å²) in [5.74, 6) is -1.02. The van der Waals surface area contributed by atoms with Gasteiger partial charge in [-0.05, 0) is 48.4 Å². The topological polar surface area (TPSA) is 45.1 Å². The van der Waals surface area contributed by atoms with Crippen LogP contribution < -0.4 is 5.11 Å². The summed E-state index contributed by atoms with van der Waals surface area (Å²) in [6.07, 6.45) is 0.00704. The third-order valence-electron chi connectivity index (χ3n) is 2.93. The van der Waals surface area contributed by atoms with Crippen LogP contribution in [0, 0.1) is 13.8 Å². The van der Waals surface area contributed by atoms with Gasteiger partial charge in [-0.2, -0.15) is 11.3 Å². The normalized spacial score (nSPS) is 12.6. The van der Waals surface area contributed by atoms with Gasteiger partial charge in [-0.15, -0.1) is 0 Å². The van der Waals surface area contributed by atoms with Gasteiger partial charge >= 0.3 is 0 Å². The average Bonchev–Trinajstić information content (AvgIpc) is 2.86. The first-order chi connectivity index (χ1) is 8.09. The first kappa shape index (κ1) is 11.9. The molecule has 0 bridgehead atoms. The zero-order chi connectivity index (χ0) is 12.4. The number of hydrogen-bond acceptors (Lipinski definition) is 3. The van der Waals surface area contributed by atoms with Gasteiger partial charge in [-0.1, -0.05) is 0 Å². The molecule has 4 heteroatoms. The maximum atomic E-state index is 10.9. The predicted octanol–water partition coefficient (Wildman–Crippen LogP) is 1.90. The molecule has 2 aromatic heterocycles. The molecule has 0 saturated carbocycles. The summed E-state index contributed by atoms with van der Waals surface area (Å²) in [5, 5.41) is 14.9. The van der Waals surface area contributed by atoms with Crippen molar-refractivity contribution in [3.8, 4) is 0 Å². The third-order valence-corrected chi connectivity index (χ3v) is 3.63. The van der Waals surface area contributed by atoms with Crippen molar-refractivity contribution in [2.45, 2.75) is 26.3 Å². The summed E-state index contributed by atoms with van der Waals surface area (Å²) < 4.78 is 2.05. The lowest BCUT2D eigenvalue weighted by Gasteiger charge is -2.22. The van der Waals surface area contributed by atoms with Gasteiger partial charge in [0, 0.05) is 23.8 Å². The van der Waals surface area contributed by atoms with E-state index in [4.69, 9.17) is 0 Å². The fraction of sp³-hybridized carbons (Fsp3) is 0.308. The minimum absolute atomic E-state index is 0.00704. The Kier molecular flexibility index (Phi) is 3.33. The van der Waals surface area contributed by atoms with E-state index in [9.17, 15) is 9.90 Å². The van der Waals surface area contributed by atoms with E-state index in [1.54, 1.807) is 11.3 Å². The summed E-state index contributed by atoms with van der Waals surface area (Å²) in [6, 6.07) is 5.81. The van der Waals surface area contributed by atoms with E-state index in [0.29, 0.717) is 0 Å². The first-order valence-electron chi connectivity index (χ1n) is 5.46. The number of aromatic nitrogens is 1. The average molecular weight is 248 g/mol. The van der Waals surface area contributed by atoms with Crippen molar-refractivity contribution in [1.29, 1.82) is 0 Å². The Bertz CT molecular complexity index is 494. The van der Waals surface area contributed by atoms with Gasteiger partial charge in [0.15, 0.2) is 0 Å². The van der Waals surface area contributed by atoms with Gasteiger partial charge in [-0.25, -0.2) is 0 Å². The fourth-order valence-corrected chi connectivity index (χ4v) is 2.86. The molecule has 0 fully saturated rings. The van der Waals surface area contributed by atoms with Gasteiger partial charge in [0.1, 0.15) is 0 Å². The van der Waals surface area contributed by atoms with Gasteiger partial charge in [-0.3, -0.25) is 0 Å². The number of nitrogens with zero attached hydrogens (tertiary/aromatic N) is 1. The zero-order valence-electron chi connectivity index (χ0n) is 9.84. The van der Waals surface area contributed by atoms with Crippen LogP contribution in [-0.2, 0) is 4.79 Å². The molecule has 1 atom stereocenters. The molecule has 0 aliphatic rings. The maximum Gasteiger partial charge on any atom is 0.0645 e. The summed E-state index contributed by atoms with van der Waals surface area (Å²) in [6.45, 7) is 3.98. The van der Waals surface area contributed by atoms with Crippen LogP contribution in [0.1, 0.15) is 29.4 Å². The number of carbonyl (C=O) groups is 1. The van der Waals surface area contributed by atoms with Crippen molar-refractivity contribution in [3.63, 3.8) is 0 Å². The lowest BCUT2D eigenvalue weighted by molar-refractivity contribution is -0.306. The Morgan fingerprint density at radius 2 is 2.00 bits per heavy atom. The minimum Gasteiger partial charge on any atom is -0.550 e. The molecule has 0 N–H and O–H groups in total. The smallest absolute Gasteiger partial charge is 0.0645 e. The molecule has 90 valence electrons. The molecule has 0 aliphatic carbocycles. The zero-order valence-corrected chi connectivity index (χ0v) is 10.7. The summed E-state index contributed by atoms with van der Waals surface area (Å²) in [5.41, 5.74) is 3.17. The van der Waals surface area contributed by atoms with Crippen molar-refractivity contribution in [2.75, 3.05) is 0 Å². The fourth-order valence-electron chi connectivity index (χ4n) is 2.15. The van der Waals surface area contributed by atoms with Crippen LogP contribution in [0.4, 0.5) is 0 Å². The third kappa shape index (κ3) is 2.42. The number of aliphatic carboxylic acids is 1. The van der Waals surface area contributed by atoms with E-state index < -0.39 is 5.97 Å². The summed E-state index contributed by atoms with van der Waals surface area (Å²) in [7, 11) is 0. The van der Waals surface area contributed by atoms with Crippen molar-refractivity contribution in [1.82, 2.24) is 4.57 Å². The highest BCUT2D eigenvalue weighted by Gasteiger charge is 2.17. The Labute approximate surface area is 104 Å². The molecule has 2 rings (SSSR count). The van der Waals surface area contributed by atoms with Crippen LogP contribution >= 0.6 is 11.3 Å². The Morgan fingerprint density at radius 3 is 2.47 bits per heavy atom. The Balaban J connectivity index is 2.44. The van der Waals surface area contributed by atoms with Crippen molar-refractivity contribution < 1.29 is 9.90 Å². The van der Waals surface area contributed by atoms with E-state index >= 15 is 0 Å². The van der Waals surface area contributed by atoms with Crippen LogP contribution in [0.2, 0.25) is 0 Å². The summed E-state index contributed by atoms with van der Waals surface area (Å²) >= 11 is 1.58. The van der Waals surface area contributed by atoms with Crippen molar-refractivity contribution in [2.24, 2.45) is 0 Å². The molecule has 0 unspecified atom stereocenters. The number of carboxylic acids is 1. The standard InChI is InChI=1S/C13H15NO2S/c1-9-3-4-10(2)14(9)12(7-13(15)16)11-5-6-17-8-11/h3-6,8,12H,7H2,1-2H3,(H,15,16)/p-1/t12-/m1/s1. The van der Waals surface area contributed by atoms with E-state index in [1.807, 2.05) is 42.8 Å². The van der Waals surface area contributed by atoms with Crippen LogP contribution in [0.25, 0.3) is 0 Å². The molecule has 0 amide bonds. The number of rotatable bonds is 4. The van der Waals surface area contributed by atoms with Gasteiger partial charge < -0.3 is 14.5 Å². The maximum absolute atomic E-state index is 10.9. The quantitative estimate of drug-likeness (QED) is 0.829. The molecule has 3 nitrogen and oxygen atoms in total. The number of thiophene rings is 1. The molecule has 0 aromatic carbocycles. The van der Waals surface area contributed by atoms with Gasteiger partial charge in [0.25, 0.3) is 0 Å². The van der Waals surface area contributed by atoms with Crippen LogP contribution in [0.15, 0.2) is 29.0 Å². The SMILES string of the molecule is Cc1ccc(C)n1[C@H](CC(=O)[O-])c1ccsc1. The van der Waals surface area contributed by atoms with E-state index in [2.05, 4.69) is 4.57 Å². The second kappa shape index (κ2) is 4.75. The van der Waals surface area contributed by atoms with Crippen molar-refractivity contribution >= 4 is 17.3 Å². The largest absolute Gasteiger partial charge is 0.550 e. The molecule has 17 heavy (non-hydrogen) atoms. The number of carbonyl (C=O) groups excluding carboxylic acids is 1. The first-order valence-corrected chi connectivity index (χ1v) is 6.40. The molecule has 0 radical (unpaired) electrons. The number of hydrogen-bond donors (Lipinski definition) is 0. The van der Waals surface area contributed by atoms with Gasteiger partial charge in [0.05, 0.1) is 6.04 Å². The molecule has 0 aliphatic heterocycles. The van der Waals surface area contributed by atoms with E-state index in [1.165, 1.54) is 0 Å². The minimum atomic E-state index is -1.02. The molecule has 2 aromatic rings. The Morgan fingerprint density at radius 1 is 1.35 bits per heavy atom. The lowest BCUT2D eigenvalue weighted by atomic mass is 10.1. The highest BCUT2D eigenvalue weighted by Crippen LogP contribution is 2.27. The highest BCUT2D eigenvalue weighted by molar-refractivity contribution is 7.07. The van der Waals surface area contributed by atoms with Crippen LogP contribution in [-0.4, -0.2) is 10.5 Å². The van der Waals surface area contributed by atoms with Crippen LogP contribution in [0.5, 0.6) is 0 Å². The highest BCUT2D eigenvalue weighted by atomic mass is 32.1. The number of carboxylic acid groups (broad SMARTS) is 1. The second-order valence-corrected chi connectivity index (χ2v) is 4.91. The monoisotopic (exact) mass is 248 g/mol. The Hall–Kier alpha value is -1.55. The molecular weight excluding hydrogens is 234 g/mol. The lowest BCUT2D eigenvalue weighted by Crippen LogP contribution is -2.27. The molecule has 2 heterocycles.